The first-order valence-electron chi connectivity index (χ1n) is 10.5. The molecule has 2 heterocycles. The number of rotatable bonds is 7. The molecule has 1 N–H and O–H groups in total. The van der Waals surface area contributed by atoms with E-state index in [2.05, 4.69) is 10.3 Å². The van der Waals surface area contributed by atoms with E-state index in [1.165, 1.54) is 17.2 Å². The van der Waals surface area contributed by atoms with Gasteiger partial charge in [-0.05, 0) is 55.5 Å². The minimum atomic E-state index is -3.04. The minimum absolute atomic E-state index is 0.00963. The standard InChI is InChI=1S/C22H26FN3O4S/c1-15(17-4-6-20(19(23)12-17)30-14-16-2-3-16)25-21-7-5-18(13-24-21)22(27)26-8-10-31(28,29)11-9-26/h4-7,12-13,15-16H,2-3,8-11,14H2,1H3,(H,24,25). The molecule has 1 aromatic carbocycles. The molecule has 4 rings (SSSR count). The molecule has 2 aromatic rings. The van der Waals surface area contributed by atoms with Crippen LogP contribution in [-0.4, -0.2) is 55.4 Å². The molecular weight excluding hydrogens is 421 g/mol. The van der Waals surface area contributed by atoms with Crippen molar-refractivity contribution in [2.75, 3.05) is 36.5 Å². The molecular formula is C22H26FN3O4S. The van der Waals surface area contributed by atoms with Crippen molar-refractivity contribution in [1.82, 2.24) is 9.88 Å². The summed E-state index contributed by atoms with van der Waals surface area (Å²) in [7, 11) is -3.04. The van der Waals surface area contributed by atoms with Gasteiger partial charge in [-0.3, -0.25) is 4.79 Å². The highest BCUT2D eigenvalue weighted by Crippen LogP contribution is 2.31. The molecule has 1 amide bonds. The number of benzene rings is 1. The zero-order valence-electron chi connectivity index (χ0n) is 17.4. The van der Waals surface area contributed by atoms with Crippen LogP contribution in [0.1, 0.15) is 41.7 Å². The summed E-state index contributed by atoms with van der Waals surface area (Å²) in [6, 6.07) is 8.08. The lowest BCUT2D eigenvalue weighted by Gasteiger charge is -2.26. The van der Waals surface area contributed by atoms with Gasteiger partial charge in [0.2, 0.25) is 0 Å². The number of amides is 1. The summed E-state index contributed by atoms with van der Waals surface area (Å²) in [6.07, 6.45) is 3.77. The average molecular weight is 448 g/mol. The fourth-order valence-electron chi connectivity index (χ4n) is 3.40. The van der Waals surface area contributed by atoms with Gasteiger partial charge in [0.05, 0.1) is 29.7 Å². The molecule has 1 aliphatic heterocycles. The van der Waals surface area contributed by atoms with E-state index in [1.54, 1.807) is 18.2 Å². The number of pyridine rings is 1. The van der Waals surface area contributed by atoms with Gasteiger partial charge in [0.15, 0.2) is 21.4 Å². The number of hydrogen-bond acceptors (Lipinski definition) is 6. The van der Waals surface area contributed by atoms with Crippen molar-refractivity contribution < 1.29 is 22.3 Å². The third-order valence-corrected chi connectivity index (χ3v) is 7.24. The third-order valence-electron chi connectivity index (χ3n) is 5.63. The Morgan fingerprint density at radius 2 is 2.00 bits per heavy atom. The number of carbonyl (C=O) groups is 1. The third kappa shape index (κ3) is 5.52. The van der Waals surface area contributed by atoms with Crippen LogP contribution in [0.5, 0.6) is 5.75 Å². The number of ether oxygens (including phenoxy) is 1. The van der Waals surface area contributed by atoms with E-state index < -0.39 is 9.84 Å². The Kier molecular flexibility index (Phi) is 6.13. The number of nitrogens with zero attached hydrogens (tertiary/aromatic N) is 2. The Hall–Kier alpha value is -2.68. The molecule has 1 atom stereocenters. The van der Waals surface area contributed by atoms with Crippen LogP contribution in [0.3, 0.4) is 0 Å². The van der Waals surface area contributed by atoms with Crippen LogP contribution in [-0.2, 0) is 9.84 Å². The number of aromatic nitrogens is 1. The highest BCUT2D eigenvalue weighted by atomic mass is 32.2. The minimum Gasteiger partial charge on any atom is -0.490 e. The fraction of sp³-hybridized carbons (Fsp3) is 0.455. The lowest BCUT2D eigenvalue weighted by molar-refractivity contribution is 0.0770. The van der Waals surface area contributed by atoms with Gasteiger partial charge in [-0.25, -0.2) is 17.8 Å². The topological polar surface area (TPSA) is 88.6 Å². The van der Waals surface area contributed by atoms with E-state index >= 15 is 0 Å². The number of sulfone groups is 1. The van der Waals surface area contributed by atoms with Gasteiger partial charge >= 0.3 is 0 Å². The van der Waals surface area contributed by atoms with E-state index in [-0.39, 0.29) is 48.1 Å². The predicted molar refractivity (Wildman–Crippen MR) is 115 cm³/mol. The number of halogens is 1. The van der Waals surface area contributed by atoms with E-state index in [4.69, 9.17) is 4.74 Å². The normalized spacial score (nSPS) is 19.0. The Bertz CT molecular complexity index is 1040. The monoisotopic (exact) mass is 447 g/mol. The van der Waals surface area contributed by atoms with E-state index in [0.717, 1.165) is 18.4 Å². The molecule has 2 aliphatic rings. The first kappa shape index (κ1) is 21.5. The maximum atomic E-state index is 14.3. The first-order chi connectivity index (χ1) is 14.8. The summed E-state index contributed by atoms with van der Waals surface area (Å²) in [5.41, 5.74) is 1.16. The molecule has 1 unspecified atom stereocenters. The molecule has 0 spiro atoms. The second-order valence-electron chi connectivity index (χ2n) is 8.19. The fourth-order valence-corrected chi connectivity index (χ4v) is 4.61. The molecule has 1 aliphatic carbocycles. The molecule has 166 valence electrons. The Labute approximate surface area is 181 Å². The van der Waals surface area contributed by atoms with Gasteiger partial charge in [0, 0.05) is 19.3 Å². The molecule has 7 nitrogen and oxygen atoms in total. The summed E-state index contributed by atoms with van der Waals surface area (Å²) in [4.78, 5) is 18.4. The van der Waals surface area contributed by atoms with E-state index in [1.807, 2.05) is 13.0 Å². The van der Waals surface area contributed by atoms with Gasteiger partial charge < -0.3 is 15.0 Å². The molecule has 31 heavy (non-hydrogen) atoms. The highest BCUT2D eigenvalue weighted by Gasteiger charge is 2.26. The maximum absolute atomic E-state index is 14.3. The number of nitrogens with one attached hydrogen (secondary N) is 1. The first-order valence-corrected chi connectivity index (χ1v) is 12.3. The summed E-state index contributed by atoms with van der Waals surface area (Å²) < 4.78 is 42.9. The SMILES string of the molecule is CC(Nc1ccc(C(=O)N2CCS(=O)(=O)CC2)cn1)c1ccc(OCC2CC2)c(F)c1. The summed E-state index contributed by atoms with van der Waals surface area (Å²) in [5.74, 6) is 0.752. The molecule has 0 bridgehead atoms. The lowest BCUT2D eigenvalue weighted by atomic mass is 10.1. The Morgan fingerprint density at radius 1 is 1.26 bits per heavy atom. The van der Waals surface area contributed by atoms with Crippen LogP contribution >= 0.6 is 0 Å². The largest absolute Gasteiger partial charge is 0.490 e. The van der Waals surface area contributed by atoms with Crippen LogP contribution in [0.4, 0.5) is 10.2 Å². The van der Waals surface area contributed by atoms with E-state index in [0.29, 0.717) is 23.9 Å². The molecule has 2 fully saturated rings. The van der Waals surface area contributed by atoms with Gasteiger partial charge in [-0.1, -0.05) is 6.07 Å². The van der Waals surface area contributed by atoms with Crippen LogP contribution < -0.4 is 10.1 Å². The number of carbonyl (C=O) groups excluding carboxylic acids is 1. The zero-order chi connectivity index (χ0) is 22.0. The average Bonchev–Trinajstić information content (AvgIpc) is 3.57. The van der Waals surface area contributed by atoms with Crippen molar-refractivity contribution >= 4 is 21.6 Å². The van der Waals surface area contributed by atoms with Gasteiger partial charge in [0.1, 0.15) is 5.82 Å². The van der Waals surface area contributed by atoms with Crippen molar-refractivity contribution in [3.8, 4) is 5.75 Å². The highest BCUT2D eigenvalue weighted by molar-refractivity contribution is 7.91. The molecule has 1 saturated carbocycles. The lowest BCUT2D eigenvalue weighted by Crippen LogP contribution is -2.43. The van der Waals surface area contributed by atoms with Crippen LogP contribution in [0.15, 0.2) is 36.5 Å². The van der Waals surface area contributed by atoms with Crippen molar-refractivity contribution in [2.24, 2.45) is 5.92 Å². The van der Waals surface area contributed by atoms with Crippen LogP contribution in [0.2, 0.25) is 0 Å². The number of hydrogen-bond donors (Lipinski definition) is 1. The molecule has 1 aromatic heterocycles. The van der Waals surface area contributed by atoms with Crippen molar-refractivity contribution in [1.29, 1.82) is 0 Å². The second kappa shape index (κ2) is 8.82. The van der Waals surface area contributed by atoms with Gasteiger partial charge in [-0.15, -0.1) is 0 Å². The second-order valence-corrected chi connectivity index (χ2v) is 10.5. The summed E-state index contributed by atoms with van der Waals surface area (Å²) in [5, 5.41) is 3.20. The van der Waals surface area contributed by atoms with Crippen molar-refractivity contribution in [2.45, 2.75) is 25.8 Å². The molecule has 0 radical (unpaired) electrons. The van der Waals surface area contributed by atoms with Crippen LogP contribution in [0, 0.1) is 11.7 Å². The molecule has 9 heteroatoms. The smallest absolute Gasteiger partial charge is 0.255 e. The Balaban J connectivity index is 1.35. The van der Waals surface area contributed by atoms with Crippen molar-refractivity contribution in [3.63, 3.8) is 0 Å². The number of anilines is 1. The van der Waals surface area contributed by atoms with Gasteiger partial charge in [-0.2, -0.15) is 0 Å². The maximum Gasteiger partial charge on any atom is 0.255 e. The zero-order valence-corrected chi connectivity index (χ0v) is 18.2. The summed E-state index contributed by atoms with van der Waals surface area (Å²) >= 11 is 0. The van der Waals surface area contributed by atoms with Crippen molar-refractivity contribution in [3.05, 3.63) is 53.5 Å². The Morgan fingerprint density at radius 3 is 2.61 bits per heavy atom. The van der Waals surface area contributed by atoms with Crippen LogP contribution in [0.25, 0.3) is 0 Å². The predicted octanol–water partition coefficient (Wildman–Crippen LogP) is 3.05. The molecule has 1 saturated heterocycles. The van der Waals surface area contributed by atoms with Gasteiger partial charge in [0.25, 0.3) is 5.91 Å². The van der Waals surface area contributed by atoms with E-state index in [9.17, 15) is 17.6 Å². The summed E-state index contributed by atoms with van der Waals surface area (Å²) in [6.45, 7) is 2.86. The quantitative estimate of drug-likeness (QED) is 0.702.